The molecule has 1 fully saturated rings. The lowest BCUT2D eigenvalue weighted by atomic mass is 10.1. The Hall–Kier alpha value is -2.62. The van der Waals surface area contributed by atoms with Crippen molar-refractivity contribution in [3.8, 4) is 5.75 Å². The summed E-state index contributed by atoms with van der Waals surface area (Å²) in [5.74, 6) is -0.172. The van der Waals surface area contributed by atoms with Crippen LogP contribution in [0.1, 0.15) is 36.1 Å². The van der Waals surface area contributed by atoms with Crippen molar-refractivity contribution >= 4 is 11.9 Å². The summed E-state index contributed by atoms with van der Waals surface area (Å²) in [6.45, 7) is 6.26. The molecule has 2 atom stereocenters. The Morgan fingerprint density at radius 3 is 2.60 bits per heavy atom. The minimum Gasteiger partial charge on any atom is -0.426 e. The first-order valence-corrected chi connectivity index (χ1v) is 8.59. The standard InChI is InChI=1S/C21H23NO3/c1-14-9-10-15(2)19(11-14)25-21(24)18-12-20(23)22(13-18)16(3)17-7-5-4-6-8-17/h4-11,16,18H,12-13H2,1-3H3/t16-,18-/m1/s1. The van der Waals surface area contributed by atoms with Crippen LogP contribution in [0.25, 0.3) is 0 Å². The van der Waals surface area contributed by atoms with Crippen LogP contribution >= 0.6 is 0 Å². The average molecular weight is 337 g/mol. The number of benzene rings is 2. The molecule has 2 aromatic rings. The molecular formula is C21H23NO3. The number of hydrogen-bond acceptors (Lipinski definition) is 3. The summed E-state index contributed by atoms with van der Waals surface area (Å²) in [4.78, 5) is 26.7. The highest BCUT2D eigenvalue weighted by Crippen LogP contribution is 2.30. The van der Waals surface area contributed by atoms with Crippen molar-refractivity contribution < 1.29 is 14.3 Å². The normalized spacial score (nSPS) is 18.3. The van der Waals surface area contributed by atoms with Gasteiger partial charge in [0.25, 0.3) is 0 Å². The van der Waals surface area contributed by atoms with Gasteiger partial charge in [0.1, 0.15) is 5.75 Å². The summed E-state index contributed by atoms with van der Waals surface area (Å²) in [5, 5.41) is 0. The Balaban J connectivity index is 1.69. The number of carbonyl (C=O) groups excluding carboxylic acids is 2. The van der Waals surface area contributed by atoms with E-state index in [0.717, 1.165) is 16.7 Å². The van der Waals surface area contributed by atoms with Crippen LogP contribution in [0.5, 0.6) is 5.75 Å². The molecule has 4 nitrogen and oxygen atoms in total. The van der Waals surface area contributed by atoms with Crippen molar-refractivity contribution in [3.05, 3.63) is 65.2 Å². The highest BCUT2D eigenvalue weighted by atomic mass is 16.5. The second kappa shape index (κ2) is 7.09. The van der Waals surface area contributed by atoms with Gasteiger partial charge in [-0.2, -0.15) is 0 Å². The fourth-order valence-electron chi connectivity index (χ4n) is 3.18. The third kappa shape index (κ3) is 3.73. The van der Waals surface area contributed by atoms with E-state index < -0.39 is 5.92 Å². The van der Waals surface area contributed by atoms with Crippen molar-refractivity contribution in [2.75, 3.05) is 6.54 Å². The summed E-state index contributed by atoms with van der Waals surface area (Å²) in [7, 11) is 0. The first-order valence-electron chi connectivity index (χ1n) is 8.59. The van der Waals surface area contributed by atoms with Crippen molar-refractivity contribution in [2.45, 2.75) is 33.2 Å². The molecule has 4 heteroatoms. The van der Waals surface area contributed by atoms with Gasteiger partial charge in [-0.05, 0) is 43.5 Å². The molecule has 130 valence electrons. The van der Waals surface area contributed by atoms with Crippen LogP contribution in [0.15, 0.2) is 48.5 Å². The molecular weight excluding hydrogens is 314 g/mol. The van der Waals surface area contributed by atoms with E-state index in [1.54, 1.807) is 4.90 Å². The number of rotatable bonds is 4. The fraction of sp³-hybridized carbons (Fsp3) is 0.333. The van der Waals surface area contributed by atoms with Crippen LogP contribution in [-0.4, -0.2) is 23.3 Å². The van der Waals surface area contributed by atoms with Gasteiger partial charge in [-0.1, -0.05) is 42.5 Å². The molecule has 0 unspecified atom stereocenters. The molecule has 0 N–H and O–H groups in total. The molecule has 3 rings (SSSR count). The van der Waals surface area contributed by atoms with E-state index in [1.807, 2.05) is 69.3 Å². The molecule has 2 aromatic carbocycles. The molecule has 1 aliphatic heterocycles. The van der Waals surface area contributed by atoms with Gasteiger partial charge in [0.15, 0.2) is 0 Å². The molecule has 0 bridgehead atoms. The molecule has 1 aliphatic rings. The van der Waals surface area contributed by atoms with Crippen LogP contribution in [0.4, 0.5) is 0 Å². The quantitative estimate of drug-likeness (QED) is 0.629. The molecule has 0 radical (unpaired) electrons. The zero-order valence-electron chi connectivity index (χ0n) is 14.9. The van der Waals surface area contributed by atoms with Gasteiger partial charge in [-0.25, -0.2) is 0 Å². The Kier molecular flexibility index (Phi) is 4.88. The lowest BCUT2D eigenvalue weighted by Gasteiger charge is -2.25. The second-order valence-electron chi connectivity index (χ2n) is 6.72. The maximum Gasteiger partial charge on any atom is 0.316 e. The molecule has 0 aliphatic carbocycles. The van der Waals surface area contributed by atoms with Crippen molar-refractivity contribution in [3.63, 3.8) is 0 Å². The van der Waals surface area contributed by atoms with Crippen LogP contribution < -0.4 is 4.74 Å². The van der Waals surface area contributed by atoms with E-state index in [0.29, 0.717) is 12.3 Å². The number of amides is 1. The summed E-state index contributed by atoms with van der Waals surface area (Å²) >= 11 is 0. The Morgan fingerprint density at radius 2 is 1.88 bits per heavy atom. The number of nitrogens with zero attached hydrogens (tertiary/aromatic N) is 1. The molecule has 25 heavy (non-hydrogen) atoms. The first kappa shape index (κ1) is 17.2. The Bertz CT molecular complexity index is 785. The van der Waals surface area contributed by atoms with Crippen LogP contribution in [0.3, 0.4) is 0 Å². The Labute approximate surface area is 148 Å². The van der Waals surface area contributed by atoms with Crippen LogP contribution in [0, 0.1) is 19.8 Å². The van der Waals surface area contributed by atoms with Crippen LogP contribution in [0.2, 0.25) is 0 Å². The van der Waals surface area contributed by atoms with E-state index in [-0.39, 0.29) is 24.3 Å². The largest absolute Gasteiger partial charge is 0.426 e. The number of ether oxygens (including phenoxy) is 1. The van der Waals surface area contributed by atoms with Gasteiger partial charge in [-0.15, -0.1) is 0 Å². The predicted molar refractivity (Wildman–Crippen MR) is 96.2 cm³/mol. The lowest BCUT2D eigenvalue weighted by molar-refractivity contribution is -0.139. The molecule has 1 saturated heterocycles. The van der Waals surface area contributed by atoms with E-state index in [9.17, 15) is 9.59 Å². The monoisotopic (exact) mass is 337 g/mol. The second-order valence-corrected chi connectivity index (χ2v) is 6.72. The van der Waals surface area contributed by atoms with E-state index in [2.05, 4.69) is 0 Å². The molecule has 1 heterocycles. The van der Waals surface area contributed by atoms with Gasteiger partial charge < -0.3 is 9.64 Å². The minimum atomic E-state index is -0.418. The topological polar surface area (TPSA) is 46.6 Å². The minimum absolute atomic E-state index is 0.000678. The number of esters is 1. The van der Waals surface area contributed by atoms with Crippen LogP contribution in [-0.2, 0) is 9.59 Å². The highest BCUT2D eigenvalue weighted by molar-refractivity contribution is 5.88. The summed E-state index contributed by atoms with van der Waals surface area (Å²) < 4.78 is 5.57. The first-order chi connectivity index (χ1) is 12.0. The van der Waals surface area contributed by atoms with Crippen molar-refractivity contribution in [1.29, 1.82) is 0 Å². The third-order valence-corrected chi connectivity index (χ3v) is 4.80. The summed E-state index contributed by atoms with van der Waals surface area (Å²) in [5.41, 5.74) is 3.02. The SMILES string of the molecule is Cc1ccc(C)c(OC(=O)[C@@H]2CC(=O)N([C@H](C)c3ccccc3)C2)c1. The number of aryl methyl sites for hydroxylation is 2. The number of likely N-dealkylation sites (tertiary alicyclic amines) is 1. The van der Waals surface area contributed by atoms with Gasteiger partial charge in [0.05, 0.1) is 12.0 Å². The Morgan fingerprint density at radius 1 is 1.16 bits per heavy atom. The molecule has 0 aromatic heterocycles. The molecule has 1 amide bonds. The van der Waals surface area contributed by atoms with Gasteiger partial charge in [0.2, 0.25) is 5.91 Å². The summed E-state index contributed by atoms with van der Waals surface area (Å²) in [6.07, 6.45) is 0.209. The highest BCUT2D eigenvalue weighted by Gasteiger charge is 2.38. The maximum atomic E-state index is 12.5. The lowest BCUT2D eigenvalue weighted by Crippen LogP contribution is -2.30. The molecule has 0 spiro atoms. The van der Waals surface area contributed by atoms with E-state index >= 15 is 0 Å². The van der Waals surface area contributed by atoms with E-state index in [1.165, 1.54) is 0 Å². The summed E-state index contributed by atoms with van der Waals surface area (Å²) in [6, 6.07) is 15.6. The van der Waals surface area contributed by atoms with Crippen molar-refractivity contribution in [2.24, 2.45) is 5.92 Å². The van der Waals surface area contributed by atoms with Crippen molar-refractivity contribution in [1.82, 2.24) is 4.90 Å². The zero-order chi connectivity index (χ0) is 18.0. The number of hydrogen-bond donors (Lipinski definition) is 0. The van der Waals surface area contributed by atoms with Gasteiger partial charge >= 0.3 is 5.97 Å². The predicted octanol–water partition coefficient (Wildman–Crippen LogP) is 3.82. The maximum absolute atomic E-state index is 12.5. The van der Waals surface area contributed by atoms with E-state index in [4.69, 9.17) is 4.74 Å². The molecule has 0 saturated carbocycles. The number of carbonyl (C=O) groups is 2. The fourth-order valence-corrected chi connectivity index (χ4v) is 3.18. The van der Waals surface area contributed by atoms with Gasteiger partial charge in [0, 0.05) is 13.0 Å². The van der Waals surface area contributed by atoms with Gasteiger partial charge in [-0.3, -0.25) is 9.59 Å². The third-order valence-electron chi connectivity index (χ3n) is 4.80. The smallest absolute Gasteiger partial charge is 0.316 e. The average Bonchev–Trinajstić information content (AvgIpc) is 3.00. The zero-order valence-corrected chi connectivity index (χ0v) is 14.9.